The molecule has 0 unspecified atom stereocenters. The number of ether oxygens (including phenoxy) is 1. The third kappa shape index (κ3) is 5.14. The molecule has 3 aromatic rings. The maximum absolute atomic E-state index is 13.2. The van der Waals surface area contributed by atoms with E-state index < -0.39 is 0 Å². The molecule has 1 amide bonds. The Morgan fingerprint density at radius 3 is 2.38 bits per heavy atom. The molecule has 3 nitrogen and oxygen atoms in total. The van der Waals surface area contributed by atoms with E-state index in [0.717, 1.165) is 5.56 Å². The number of carbonyl (C=O) groups is 1. The molecule has 0 heterocycles. The van der Waals surface area contributed by atoms with Crippen molar-refractivity contribution in [2.75, 3.05) is 5.32 Å². The van der Waals surface area contributed by atoms with Gasteiger partial charge in [0.05, 0.1) is 6.42 Å². The quantitative estimate of drug-likeness (QED) is 0.696. The number of amides is 1. The van der Waals surface area contributed by atoms with Gasteiger partial charge in [0.2, 0.25) is 5.91 Å². The number of benzene rings is 3. The Bertz CT molecular complexity index is 895. The van der Waals surface area contributed by atoms with E-state index in [-0.39, 0.29) is 24.0 Å². The first kappa shape index (κ1) is 17.6. The van der Waals surface area contributed by atoms with Crippen molar-refractivity contribution in [2.24, 2.45) is 0 Å². The number of halogens is 2. The monoisotopic (exact) mass is 353 g/mol. The predicted molar refractivity (Wildman–Crippen MR) is 95.9 cm³/mol. The molecule has 0 atom stereocenters. The van der Waals surface area contributed by atoms with Crippen molar-refractivity contribution in [3.63, 3.8) is 0 Å². The lowest BCUT2D eigenvalue weighted by atomic mass is 10.1. The van der Waals surface area contributed by atoms with Gasteiger partial charge in [-0.3, -0.25) is 4.79 Å². The SMILES string of the molecule is O=C(Cc1cccc(F)c1)Nc1cccc(OCc2ccc(F)cc2)c1. The molecule has 26 heavy (non-hydrogen) atoms. The molecule has 3 aromatic carbocycles. The fourth-order valence-corrected chi connectivity index (χ4v) is 2.45. The van der Waals surface area contributed by atoms with Gasteiger partial charge < -0.3 is 10.1 Å². The van der Waals surface area contributed by atoms with Crippen LogP contribution in [0.1, 0.15) is 11.1 Å². The molecule has 0 aliphatic rings. The molecular formula is C21H17F2NO2. The molecule has 0 fully saturated rings. The summed E-state index contributed by atoms with van der Waals surface area (Å²) in [7, 11) is 0. The van der Waals surface area contributed by atoms with Gasteiger partial charge in [0.25, 0.3) is 0 Å². The molecule has 0 saturated heterocycles. The van der Waals surface area contributed by atoms with Gasteiger partial charge >= 0.3 is 0 Å². The number of nitrogens with one attached hydrogen (secondary N) is 1. The van der Waals surface area contributed by atoms with Crippen molar-refractivity contribution in [2.45, 2.75) is 13.0 Å². The van der Waals surface area contributed by atoms with Gasteiger partial charge in [-0.15, -0.1) is 0 Å². The zero-order valence-electron chi connectivity index (χ0n) is 13.9. The first-order valence-corrected chi connectivity index (χ1v) is 8.10. The Labute approximate surface area is 150 Å². The smallest absolute Gasteiger partial charge is 0.228 e. The van der Waals surface area contributed by atoms with Crippen LogP contribution in [0.4, 0.5) is 14.5 Å². The number of hydrogen-bond donors (Lipinski definition) is 1. The Hall–Kier alpha value is -3.21. The van der Waals surface area contributed by atoms with Gasteiger partial charge in [-0.05, 0) is 47.5 Å². The lowest BCUT2D eigenvalue weighted by molar-refractivity contribution is -0.115. The van der Waals surface area contributed by atoms with Gasteiger partial charge in [0.15, 0.2) is 0 Å². The molecule has 0 aliphatic carbocycles. The fourth-order valence-electron chi connectivity index (χ4n) is 2.45. The van der Waals surface area contributed by atoms with Crippen molar-refractivity contribution in [1.29, 1.82) is 0 Å². The average Bonchev–Trinajstić information content (AvgIpc) is 2.61. The molecule has 132 valence electrons. The Kier molecular flexibility index (Phi) is 5.59. The molecule has 0 aliphatic heterocycles. The van der Waals surface area contributed by atoms with Crippen molar-refractivity contribution in [3.05, 3.63) is 95.6 Å². The standard InChI is InChI=1S/C21H17F2NO2/c22-17-9-7-15(8-10-17)14-26-20-6-2-5-19(13-20)24-21(25)12-16-3-1-4-18(23)11-16/h1-11,13H,12,14H2,(H,24,25). The highest BCUT2D eigenvalue weighted by Gasteiger charge is 2.06. The van der Waals surface area contributed by atoms with E-state index in [1.807, 2.05) is 0 Å². The number of rotatable bonds is 6. The van der Waals surface area contributed by atoms with E-state index in [2.05, 4.69) is 5.32 Å². The number of carbonyl (C=O) groups excluding carboxylic acids is 1. The summed E-state index contributed by atoms with van der Waals surface area (Å²) in [4.78, 5) is 12.1. The van der Waals surface area contributed by atoms with Crippen molar-refractivity contribution >= 4 is 11.6 Å². The largest absolute Gasteiger partial charge is 0.489 e. The Morgan fingerprint density at radius 2 is 1.62 bits per heavy atom. The highest BCUT2D eigenvalue weighted by Crippen LogP contribution is 2.19. The van der Waals surface area contributed by atoms with Crippen LogP contribution in [-0.4, -0.2) is 5.91 Å². The average molecular weight is 353 g/mol. The van der Waals surface area contributed by atoms with Gasteiger partial charge in [0.1, 0.15) is 24.0 Å². The van der Waals surface area contributed by atoms with Crippen LogP contribution in [0.25, 0.3) is 0 Å². The molecule has 0 radical (unpaired) electrons. The van der Waals surface area contributed by atoms with Crippen LogP contribution < -0.4 is 10.1 Å². The minimum Gasteiger partial charge on any atom is -0.489 e. The maximum atomic E-state index is 13.2. The summed E-state index contributed by atoms with van der Waals surface area (Å²) in [5.41, 5.74) is 2.03. The van der Waals surface area contributed by atoms with Gasteiger partial charge in [-0.2, -0.15) is 0 Å². The summed E-state index contributed by atoms with van der Waals surface area (Å²) in [6.07, 6.45) is 0.0818. The normalized spacial score (nSPS) is 10.4. The predicted octanol–water partition coefficient (Wildman–Crippen LogP) is 4.73. The van der Waals surface area contributed by atoms with Crippen LogP contribution in [-0.2, 0) is 17.8 Å². The second-order valence-electron chi connectivity index (χ2n) is 5.80. The van der Waals surface area contributed by atoms with Crippen molar-refractivity contribution < 1.29 is 18.3 Å². The van der Waals surface area contributed by atoms with E-state index in [9.17, 15) is 13.6 Å². The van der Waals surface area contributed by atoms with Gasteiger partial charge in [0, 0.05) is 11.8 Å². The summed E-state index contributed by atoms with van der Waals surface area (Å²) >= 11 is 0. The number of hydrogen-bond acceptors (Lipinski definition) is 2. The van der Waals surface area contributed by atoms with E-state index in [1.165, 1.54) is 24.3 Å². The molecule has 1 N–H and O–H groups in total. The molecular weight excluding hydrogens is 336 g/mol. The topological polar surface area (TPSA) is 38.3 Å². The minimum absolute atomic E-state index is 0.0818. The van der Waals surface area contributed by atoms with Gasteiger partial charge in [-0.1, -0.05) is 30.3 Å². The molecule has 0 spiro atoms. The van der Waals surface area contributed by atoms with Crippen LogP contribution in [0.3, 0.4) is 0 Å². The molecule has 0 saturated carbocycles. The molecule has 0 bridgehead atoms. The second-order valence-corrected chi connectivity index (χ2v) is 5.80. The Morgan fingerprint density at radius 1 is 0.846 bits per heavy atom. The first-order chi connectivity index (χ1) is 12.6. The first-order valence-electron chi connectivity index (χ1n) is 8.10. The van der Waals surface area contributed by atoms with Gasteiger partial charge in [-0.25, -0.2) is 8.78 Å². The lowest BCUT2D eigenvalue weighted by Crippen LogP contribution is -2.14. The maximum Gasteiger partial charge on any atom is 0.228 e. The van der Waals surface area contributed by atoms with E-state index >= 15 is 0 Å². The third-order valence-corrected chi connectivity index (χ3v) is 3.69. The summed E-state index contributed by atoms with van der Waals surface area (Å²) in [5.74, 6) is -0.326. The molecule has 0 aromatic heterocycles. The van der Waals surface area contributed by atoms with Crippen molar-refractivity contribution in [1.82, 2.24) is 0 Å². The number of anilines is 1. The highest BCUT2D eigenvalue weighted by atomic mass is 19.1. The highest BCUT2D eigenvalue weighted by molar-refractivity contribution is 5.92. The Balaban J connectivity index is 1.58. The van der Waals surface area contributed by atoms with Crippen LogP contribution in [0.2, 0.25) is 0 Å². The van der Waals surface area contributed by atoms with E-state index in [1.54, 1.807) is 48.5 Å². The van der Waals surface area contributed by atoms with Crippen LogP contribution in [0.5, 0.6) is 5.75 Å². The van der Waals surface area contributed by atoms with E-state index in [0.29, 0.717) is 23.6 Å². The second kappa shape index (κ2) is 8.25. The summed E-state index contributed by atoms with van der Waals surface area (Å²) in [5, 5.41) is 2.76. The molecule has 3 rings (SSSR count). The van der Waals surface area contributed by atoms with Crippen LogP contribution in [0, 0.1) is 11.6 Å². The molecule has 5 heteroatoms. The van der Waals surface area contributed by atoms with Crippen LogP contribution in [0.15, 0.2) is 72.8 Å². The third-order valence-electron chi connectivity index (χ3n) is 3.69. The van der Waals surface area contributed by atoms with E-state index in [4.69, 9.17) is 4.74 Å². The zero-order valence-corrected chi connectivity index (χ0v) is 13.9. The summed E-state index contributed by atoms with van der Waals surface area (Å²) in [6, 6.07) is 19.0. The minimum atomic E-state index is -0.369. The van der Waals surface area contributed by atoms with Crippen molar-refractivity contribution in [3.8, 4) is 5.75 Å². The summed E-state index contributed by atoms with van der Waals surface area (Å²) in [6.45, 7) is 0.293. The van der Waals surface area contributed by atoms with Crippen LogP contribution >= 0.6 is 0 Å². The lowest BCUT2D eigenvalue weighted by Gasteiger charge is -2.09. The summed E-state index contributed by atoms with van der Waals surface area (Å²) < 4.78 is 31.7. The zero-order chi connectivity index (χ0) is 18.4. The fraction of sp³-hybridized carbons (Fsp3) is 0.0952.